The fraction of sp³-hybridized carbons (Fsp3) is 0.308. The third-order valence-electron chi connectivity index (χ3n) is 3.57. The minimum Gasteiger partial charge on any atom is -0.368 e. The molecule has 3 rings (SSSR count). The van der Waals surface area contributed by atoms with E-state index < -0.39 is 33.6 Å². The highest BCUT2D eigenvalue weighted by Crippen LogP contribution is 2.32. The van der Waals surface area contributed by atoms with Crippen LogP contribution >= 0.6 is 0 Å². The zero-order valence-electron chi connectivity index (χ0n) is 11.7. The van der Waals surface area contributed by atoms with E-state index in [-0.39, 0.29) is 35.6 Å². The van der Waals surface area contributed by atoms with Gasteiger partial charge in [0, 0.05) is 18.9 Å². The highest BCUT2D eigenvalue weighted by atomic mass is 32.3. The third kappa shape index (κ3) is 3.07. The molecule has 0 aliphatic carbocycles. The molecule has 1 aromatic heterocycles. The first-order chi connectivity index (χ1) is 10.7. The van der Waals surface area contributed by atoms with Gasteiger partial charge in [-0.1, -0.05) is 6.07 Å². The lowest BCUT2D eigenvalue weighted by Gasteiger charge is -2.18. The first kappa shape index (κ1) is 15.5. The average Bonchev–Trinajstić information content (AvgIpc) is 2.76. The summed E-state index contributed by atoms with van der Waals surface area (Å²) in [6.07, 6.45) is -0.164. The molecular weight excluding hydrogens is 330 g/mol. The van der Waals surface area contributed by atoms with Gasteiger partial charge in [0.1, 0.15) is 5.82 Å². The molecule has 7 nitrogen and oxygen atoms in total. The smallest absolute Gasteiger partial charge is 0.302 e. The first-order valence-corrected chi connectivity index (χ1v) is 8.24. The summed E-state index contributed by atoms with van der Waals surface area (Å²) in [4.78, 5) is 21.1. The Bertz CT molecular complexity index is 903. The van der Waals surface area contributed by atoms with Crippen molar-refractivity contribution in [3.8, 4) is 0 Å². The summed E-state index contributed by atoms with van der Waals surface area (Å²) in [5.74, 6) is -2.78. The molecule has 1 amide bonds. The first-order valence-electron chi connectivity index (χ1n) is 6.69. The number of carbonyl (C=O) groups excluding carboxylic acids is 1. The molecular formula is C13H12F2N4O3S. The number of nitrogens with zero attached hydrogens (tertiary/aromatic N) is 3. The second-order valence-corrected chi connectivity index (χ2v) is 6.73. The molecule has 1 aliphatic rings. The zero-order valence-corrected chi connectivity index (χ0v) is 12.6. The van der Waals surface area contributed by atoms with Gasteiger partial charge in [-0.25, -0.2) is 9.37 Å². The van der Waals surface area contributed by atoms with Crippen molar-refractivity contribution in [3.05, 3.63) is 24.0 Å². The molecule has 2 aromatic rings. The standard InChI is InChI=1S/C13H12F2N4O3S/c14-8-2-1-3-9-11(8)12(18-13(16)17-9)19-5-7(4-10(19)20)6-23(15,21)22/h1-3,7H,4-6H2,(H2,16,17,18). The Kier molecular flexibility index (Phi) is 3.63. The number of nitrogens with two attached hydrogens (primary N) is 1. The molecule has 1 unspecified atom stereocenters. The van der Waals surface area contributed by atoms with E-state index in [2.05, 4.69) is 9.97 Å². The number of nitrogen functional groups attached to an aromatic ring is 1. The van der Waals surface area contributed by atoms with Crippen molar-refractivity contribution in [2.75, 3.05) is 22.9 Å². The lowest BCUT2D eigenvalue weighted by atomic mass is 10.1. The van der Waals surface area contributed by atoms with Crippen LogP contribution in [0.15, 0.2) is 18.2 Å². The highest BCUT2D eigenvalue weighted by Gasteiger charge is 2.35. The van der Waals surface area contributed by atoms with Crippen molar-refractivity contribution in [2.45, 2.75) is 6.42 Å². The summed E-state index contributed by atoms with van der Waals surface area (Å²) in [6.45, 7) is -0.0815. The zero-order chi connectivity index (χ0) is 16.8. The molecule has 0 radical (unpaired) electrons. The molecule has 2 N–H and O–H groups in total. The molecule has 2 heterocycles. The number of amides is 1. The van der Waals surface area contributed by atoms with Crippen LogP contribution in [-0.2, 0) is 15.0 Å². The number of aromatic nitrogens is 2. The van der Waals surface area contributed by atoms with E-state index in [0.29, 0.717) is 0 Å². The van der Waals surface area contributed by atoms with E-state index in [4.69, 9.17) is 5.73 Å². The van der Waals surface area contributed by atoms with Crippen LogP contribution in [0, 0.1) is 11.7 Å². The molecule has 1 saturated heterocycles. The van der Waals surface area contributed by atoms with Crippen molar-refractivity contribution < 1.29 is 21.5 Å². The number of benzene rings is 1. The highest BCUT2D eigenvalue weighted by molar-refractivity contribution is 7.86. The van der Waals surface area contributed by atoms with Gasteiger partial charge < -0.3 is 5.73 Å². The Balaban J connectivity index is 2.05. The maximum atomic E-state index is 14.1. The van der Waals surface area contributed by atoms with Gasteiger partial charge in [0.2, 0.25) is 11.9 Å². The van der Waals surface area contributed by atoms with Crippen molar-refractivity contribution in [2.24, 2.45) is 5.92 Å². The molecule has 1 aromatic carbocycles. The third-order valence-corrected chi connectivity index (χ3v) is 4.44. The molecule has 23 heavy (non-hydrogen) atoms. The van der Waals surface area contributed by atoms with Crippen LogP contribution in [0.5, 0.6) is 0 Å². The van der Waals surface area contributed by atoms with E-state index in [9.17, 15) is 21.5 Å². The quantitative estimate of drug-likeness (QED) is 0.834. The van der Waals surface area contributed by atoms with Crippen LogP contribution in [0.1, 0.15) is 6.42 Å². The van der Waals surface area contributed by atoms with Gasteiger partial charge in [0.25, 0.3) is 0 Å². The molecule has 0 bridgehead atoms. The summed E-state index contributed by atoms with van der Waals surface area (Å²) in [5.41, 5.74) is 5.81. The molecule has 0 spiro atoms. The van der Waals surface area contributed by atoms with E-state index in [1.54, 1.807) is 0 Å². The lowest BCUT2D eigenvalue weighted by molar-refractivity contribution is -0.117. The summed E-state index contributed by atoms with van der Waals surface area (Å²) in [7, 11) is -4.71. The fourth-order valence-electron chi connectivity index (χ4n) is 2.71. The van der Waals surface area contributed by atoms with E-state index >= 15 is 0 Å². The van der Waals surface area contributed by atoms with Crippen LogP contribution < -0.4 is 10.6 Å². The van der Waals surface area contributed by atoms with Crippen LogP contribution in [0.25, 0.3) is 10.9 Å². The maximum Gasteiger partial charge on any atom is 0.302 e. The Hall–Kier alpha value is -2.36. The predicted molar refractivity (Wildman–Crippen MR) is 79.3 cm³/mol. The minimum atomic E-state index is -4.71. The van der Waals surface area contributed by atoms with Crippen molar-refractivity contribution in [1.29, 1.82) is 0 Å². The number of rotatable bonds is 3. The molecule has 1 fully saturated rings. The van der Waals surface area contributed by atoms with Crippen LogP contribution in [0.3, 0.4) is 0 Å². The van der Waals surface area contributed by atoms with Crippen LogP contribution in [0.2, 0.25) is 0 Å². The summed E-state index contributed by atoms with van der Waals surface area (Å²) in [6, 6.07) is 4.15. The maximum absolute atomic E-state index is 14.1. The van der Waals surface area contributed by atoms with Crippen molar-refractivity contribution in [1.82, 2.24) is 9.97 Å². The molecule has 10 heteroatoms. The Morgan fingerprint density at radius 1 is 1.35 bits per heavy atom. The Morgan fingerprint density at radius 3 is 2.78 bits per heavy atom. The number of halogens is 2. The number of hydrogen-bond acceptors (Lipinski definition) is 6. The second-order valence-electron chi connectivity index (χ2n) is 5.32. The fourth-order valence-corrected chi connectivity index (χ4v) is 3.50. The minimum absolute atomic E-state index is 0.0128. The summed E-state index contributed by atoms with van der Waals surface area (Å²) >= 11 is 0. The normalized spacial score (nSPS) is 18.8. The molecule has 1 atom stereocenters. The monoisotopic (exact) mass is 342 g/mol. The SMILES string of the molecule is Nc1nc(N2CC(CS(=O)(=O)F)CC2=O)c2c(F)cccc2n1. The average molecular weight is 342 g/mol. The van der Waals surface area contributed by atoms with Gasteiger partial charge in [0.05, 0.1) is 16.7 Å². The van der Waals surface area contributed by atoms with Crippen LogP contribution in [0.4, 0.5) is 20.0 Å². The summed E-state index contributed by atoms with van der Waals surface area (Å²) < 4.78 is 48.4. The lowest BCUT2D eigenvalue weighted by Crippen LogP contribution is -2.27. The van der Waals surface area contributed by atoms with Gasteiger partial charge in [-0.2, -0.15) is 13.4 Å². The second kappa shape index (κ2) is 5.37. The number of hydrogen-bond donors (Lipinski definition) is 1. The van der Waals surface area contributed by atoms with E-state index in [1.807, 2.05) is 0 Å². The predicted octanol–water partition coefficient (Wildman–Crippen LogP) is 1.00. The number of fused-ring (bicyclic) bond motifs is 1. The van der Waals surface area contributed by atoms with Gasteiger partial charge >= 0.3 is 10.2 Å². The van der Waals surface area contributed by atoms with Crippen molar-refractivity contribution in [3.63, 3.8) is 0 Å². The largest absolute Gasteiger partial charge is 0.368 e. The topological polar surface area (TPSA) is 106 Å². The molecule has 1 aliphatic heterocycles. The van der Waals surface area contributed by atoms with E-state index in [1.165, 1.54) is 18.2 Å². The van der Waals surface area contributed by atoms with Crippen molar-refractivity contribution >= 4 is 38.8 Å². The molecule has 122 valence electrons. The van der Waals surface area contributed by atoms with E-state index in [0.717, 1.165) is 4.90 Å². The number of anilines is 2. The number of carbonyl (C=O) groups is 1. The summed E-state index contributed by atoms with van der Waals surface area (Å²) in [5, 5.41) is 0.0128. The van der Waals surface area contributed by atoms with Crippen LogP contribution in [-0.4, -0.2) is 36.6 Å². The Morgan fingerprint density at radius 2 is 2.09 bits per heavy atom. The van der Waals surface area contributed by atoms with Gasteiger partial charge in [0.15, 0.2) is 5.82 Å². The van der Waals surface area contributed by atoms with Gasteiger partial charge in [-0.3, -0.25) is 9.69 Å². The van der Waals surface area contributed by atoms with Gasteiger partial charge in [-0.15, -0.1) is 3.89 Å². The molecule has 0 saturated carbocycles. The van der Waals surface area contributed by atoms with Gasteiger partial charge in [-0.05, 0) is 12.1 Å². The Labute approximate surface area is 130 Å².